The number of halogens is 2. The minimum Gasteiger partial charge on any atom is -0.494 e. The quantitative estimate of drug-likeness (QED) is 0.708. The minimum atomic E-state index is -0.255. The molecule has 2 rings (SSSR count). The molecule has 0 aliphatic carbocycles. The highest BCUT2D eigenvalue weighted by Crippen LogP contribution is 2.29. The molecule has 0 heterocycles. The molecular weight excluding hydrogens is 319 g/mol. The van der Waals surface area contributed by atoms with E-state index in [0.717, 1.165) is 5.33 Å². The van der Waals surface area contributed by atoms with E-state index >= 15 is 0 Å². The molecule has 0 aliphatic rings. The van der Waals surface area contributed by atoms with Gasteiger partial charge in [0.1, 0.15) is 0 Å². The van der Waals surface area contributed by atoms with Crippen molar-refractivity contribution in [3.63, 3.8) is 0 Å². The summed E-state index contributed by atoms with van der Waals surface area (Å²) in [5.41, 5.74) is 3.18. The Bertz CT molecular complexity index is 583. The molecule has 2 aromatic carbocycles. The van der Waals surface area contributed by atoms with Crippen LogP contribution in [-0.4, -0.2) is 12.4 Å². The van der Waals surface area contributed by atoms with Crippen molar-refractivity contribution in [3.05, 3.63) is 65.0 Å². The minimum absolute atomic E-state index is 0.248. The molecule has 1 nitrogen and oxygen atoms in total. The molecule has 20 heavy (non-hydrogen) atoms. The summed E-state index contributed by atoms with van der Waals surface area (Å²) in [4.78, 5) is 0. The van der Waals surface area contributed by atoms with Gasteiger partial charge in [-0.3, -0.25) is 0 Å². The molecule has 0 fully saturated rings. The summed E-state index contributed by atoms with van der Waals surface area (Å²) < 4.78 is 19.3. The third-order valence-electron chi connectivity index (χ3n) is 3.54. The fourth-order valence-corrected chi connectivity index (χ4v) is 3.01. The second-order valence-electron chi connectivity index (χ2n) is 4.85. The first-order valence-electron chi connectivity index (χ1n) is 6.60. The summed E-state index contributed by atoms with van der Waals surface area (Å²) >= 11 is 3.55. The van der Waals surface area contributed by atoms with Gasteiger partial charge in [0.15, 0.2) is 11.6 Å². The van der Waals surface area contributed by atoms with Crippen LogP contribution < -0.4 is 4.74 Å². The molecule has 2 aromatic rings. The average molecular weight is 337 g/mol. The van der Waals surface area contributed by atoms with Crippen LogP contribution in [0.5, 0.6) is 5.75 Å². The van der Waals surface area contributed by atoms with Gasteiger partial charge in [-0.25, -0.2) is 4.39 Å². The smallest absolute Gasteiger partial charge is 0.168 e. The predicted octanol–water partition coefficient (Wildman–Crippen LogP) is 4.86. The monoisotopic (exact) mass is 336 g/mol. The van der Waals surface area contributed by atoms with Crippen molar-refractivity contribution < 1.29 is 9.13 Å². The first kappa shape index (κ1) is 15.0. The van der Waals surface area contributed by atoms with Gasteiger partial charge in [0.05, 0.1) is 7.11 Å². The third kappa shape index (κ3) is 3.21. The molecular formula is C17H18BrFO. The maximum Gasteiger partial charge on any atom is 0.168 e. The van der Waals surface area contributed by atoms with Gasteiger partial charge in [-0.05, 0) is 42.0 Å². The van der Waals surface area contributed by atoms with E-state index in [1.807, 2.05) is 24.3 Å². The van der Waals surface area contributed by atoms with Gasteiger partial charge >= 0.3 is 0 Å². The van der Waals surface area contributed by atoms with Crippen LogP contribution in [0.1, 0.15) is 22.6 Å². The highest BCUT2D eigenvalue weighted by atomic mass is 79.9. The van der Waals surface area contributed by atoms with E-state index in [-0.39, 0.29) is 11.7 Å². The van der Waals surface area contributed by atoms with Crippen molar-refractivity contribution in [3.8, 4) is 5.75 Å². The first-order chi connectivity index (χ1) is 9.67. The fraction of sp³-hybridized carbons (Fsp3) is 0.294. The van der Waals surface area contributed by atoms with Crippen molar-refractivity contribution in [2.75, 3.05) is 12.4 Å². The average Bonchev–Trinajstić information content (AvgIpc) is 2.47. The second-order valence-corrected chi connectivity index (χ2v) is 5.49. The van der Waals surface area contributed by atoms with Crippen molar-refractivity contribution in [1.29, 1.82) is 0 Å². The summed E-state index contributed by atoms with van der Waals surface area (Å²) in [5, 5.41) is 0.800. The molecule has 0 bridgehead atoms. The number of alkyl halides is 1. The van der Waals surface area contributed by atoms with E-state index in [2.05, 4.69) is 35.0 Å². The van der Waals surface area contributed by atoms with Crippen molar-refractivity contribution >= 4 is 15.9 Å². The number of hydrogen-bond acceptors (Lipinski definition) is 1. The Morgan fingerprint density at radius 3 is 2.55 bits per heavy atom. The zero-order valence-corrected chi connectivity index (χ0v) is 13.3. The molecule has 0 N–H and O–H groups in total. The van der Waals surface area contributed by atoms with Crippen LogP contribution in [-0.2, 0) is 6.42 Å². The number of aryl methyl sites for hydroxylation is 1. The van der Waals surface area contributed by atoms with E-state index in [0.29, 0.717) is 17.7 Å². The Morgan fingerprint density at radius 1 is 1.15 bits per heavy atom. The summed E-state index contributed by atoms with van der Waals surface area (Å²) in [6.45, 7) is 2.09. The Balaban J connectivity index is 2.30. The molecule has 1 atom stereocenters. The molecule has 106 valence electrons. The number of hydrogen-bond donors (Lipinski definition) is 0. The summed E-state index contributed by atoms with van der Waals surface area (Å²) in [7, 11) is 1.49. The van der Waals surface area contributed by atoms with E-state index < -0.39 is 0 Å². The van der Waals surface area contributed by atoms with Gasteiger partial charge in [-0.1, -0.05) is 52.3 Å². The Labute approximate surface area is 127 Å². The van der Waals surface area contributed by atoms with Crippen LogP contribution in [0.2, 0.25) is 0 Å². The maximum atomic E-state index is 14.2. The number of benzene rings is 2. The first-order valence-corrected chi connectivity index (χ1v) is 7.72. The molecule has 1 unspecified atom stereocenters. The largest absolute Gasteiger partial charge is 0.494 e. The molecule has 0 radical (unpaired) electrons. The fourth-order valence-electron chi connectivity index (χ4n) is 2.43. The second kappa shape index (κ2) is 6.89. The van der Waals surface area contributed by atoms with E-state index in [1.54, 1.807) is 6.07 Å². The molecule has 0 spiro atoms. The molecule has 0 aromatic heterocycles. The van der Waals surface area contributed by atoms with E-state index in [9.17, 15) is 4.39 Å². The SMILES string of the molecule is COc1cccc(CC(CBr)c2ccccc2C)c1F. The van der Waals surface area contributed by atoms with Crippen LogP contribution in [0.15, 0.2) is 42.5 Å². The number of methoxy groups -OCH3 is 1. The molecule has 0 saturated carbocycles. The van der Waals surface area contributed by atoms with Gasteiger partial charge < -0.3 is 4.74 Å². The van der Waals surface area contributed by atoms with Gasteiger partial charge in [-0.15, -0.1) is 0 Å². The molecule has 0 saturated heterocycles. The van der Waals surface area contributed by atoms with Crippen LogP contribution >= 0.6 is 15.9 Å². The van der Waals surface area contributed by atoms with E-state index in [4.69, 9.17) is 4.74 Å². The van der Waals surface area contributed by atoms with E-state index in [1.165, 1.54) is 18.2 Å². The lowest BCUT2D eigenvalue weighted by Gasteiger charge is -2.18. The van der Waals surface area contributed by atoms with Gasteiger partial charge in [-0.2, -0.15) is 0 Å². The standard InChI is InChI=1S/C17H18BrFO/c1-12-6-3-4-8-15(12)14(11-18)10-13-7-5-9-16(20-2)17(13)19/h3-9,14H,10-11H2,1-2H3. The predicted molar refractivity (Wildman–Crippen MR) is 84.4 cm³/mol. The third-order valence-corrected chi connectivity index (χ3v) is 4.33. The maximum absolute atomic E-state index is 14.2. The normalized spacial score (nSPS) is 12.2. The van der Waals surface area contributed by atoms with Crippen LogP contribution in [0, 0.1) is 12.7 Å². The summed E-state index contributed by atoms with van der Waals surface area (Å²) in [6, 6.07) is 13.6. The van der Waals surface area contributed by atoms with Gasteiger partial charge in [0, 0.05) is 5.33 Å². The van der Waals surface area contributed by atoms with Gasteiger partial charge in [0.25, 0.3) is 0 Å². The highest BCUT2D eigenvalue weighted by molar-refractivity contribution is 9.09. The van der Waals surface area contributed by atoms with Crippen molar-refractivity contribution in [1.82, 2.24) is 0 Å². The zero-order chi connectivity index (χ0) is 14.5. The Kier molecular flexibility index (Phi) is 5.18. The molecule has 3 heteroatoms. The summed E-state index contributed by atoms with van der Waals surface area (Å²) in [6.07, 6.45) is 0.652. The number of ether oxygens (including phenoxy) is 1. The Morgan fingerprint density at radius 2 is 1.90 bits per heavy atom. The van der Waals surface area contributed by atoms with Gasteiger partial charge in [0.2, 0.25) is 0 Å². The highest BCUT2D eigenvalue weighted by Gasteiger charge is 2.17. The molecule has 0 aliphatic heterocycles. The van der Waals surface area contributed by atoms with Crippen LogP contribution in [0.4, 0.5) is 4.39 Å². The number of rotatable bonds is 5. The van der Waals surface area contributed by atoms with Crippen molar-refractivity contribution in [2.45, 2.75) is 19.3 Å². The Hall–Kier alpha value is -1.35. The summed E-state index contributed by atoms with van der Waals surface area (Å²) in [5.74, 6) is 0.299. The van der Waals surface area contributed by atoms with Crippen LogP contribution in [0.25, 0.3) is 0 Å². The van der Waals surface area contributed by atoms with Crippen LogP contribution in [0.3, 0.4) is 0 Å². The van der Waals surface area contributed by atoms with Crippen molar-refractivity contribution in [2.24, 2.45) is 0 Å². The lowest BCUT2D eigenvalue weighted by atomic mass is 9.90. The topological polar surface area (TPSA) is 9.23 Å². The lowest BCUT2D eigenvalue weighted by molar-refractivity contribution is 0.383. The lowest BCUT2D eigenvalue weighted by Crippen LogP contribution is -2.08. The zero-order valence-electron chi connectivity index (χ0n) is 11.7. The molecule has 0 amide bonds.